The lowest BCUT2D eigenvalue weighted by atomic mass is 9.92. The average molecular weight is 453 g/mol. The molecule has 0 unspecified atom stereocenters. The van der Waals surface area contributed by atoms with Crippen LogP contribution >= 0.6 is 11.6 Å². The van der Waals surface area contributed by atoms with Crippen molar-refractivity contribution in [1.29, 1.82) is 0 Å². The molecular formula is C23H17ClN2O4S. The second kappa shape index (κ2) is 8.02. The highest BCUT2D eigenvalue weighted by atomic mass is 35.5. The Morgan fingerprint density at radius 1 is 0.742 bits per heavy atom. The van der Waals surface area contributed by atoms with Crippen molar-refractivity contribution in [3.8, 4) is 0 Å². The van der Waals surface area contributed by atoms with Crippen molar-refractivity contribution in [3.05, 3.63) is 100 Å². The van der Waals surface area contributed by atoms with E-state index in [0.29, 0.717) is 11.4 Å². The van der Waals surface area contributed by atoms with Crippen LogP contribution in [0.3, 0.4) is 0 Å². The molecule has 0 amide bonds. The fourth-order valence-electron chi connectivity index (χ4n) is 3.15. The summed E-state index contributed by atoms with van der Waals surface area (Å²) >= 11 is 6.15. The first-order valence-electron chi connectivity index (χ1n) is 9.31. The lowest BCUT2D eigenvalue weighted by Crippen LogP contribution is -2.24. The van der Waals surface area contributed by atoms with E-state index >= 15 is 0 Å². The highest BCUT2D eigenvalue weighted by Crippen LogP contribution is 2.29. The van der Waals surface area contributed by atoms with Gasteiger partial charge in [-0.25, -0.2) is 8.42 Å². The minimum Gasteiger partial charge on any atom is -0.351 e. The van der Waals surface area contributed by atoms with Crippen LogP contribution in [0.2, 0.25) is 0 Å². The average Bonchev–Trinajstić information content (AvgIpc) is 2.77. The summed E-state index contributed by atoms with van der Waals surface area (Å²) in [6, 6.07) is 19.2. The Morgan fingerprint density at radius 3 is 1.90 bits per heavy atom. The predicted octanol–water partition coefficient (Wildman–Crippen LogP) is 4.74. The van der Waals surface area contributed by atoms with Gasteiger partial charge in [-0.3, -0.25) is 14.3 Å². The minimum atomic E-state index is -3.78. The number of rotatable bonds is 5. The molecular weight excluding hydrogens is 436 g/mol. The molecule has 0 saturated heterocycles. The van der Waals surface area contributed by atoms with E-state index in [1.165, 1.54) is 24.3 Å². The molecule has 156 valence electrons. The molecule has 3 aromatic carbocycles. The Bertz CT molecular complexity index is 1330. The van der Waals surface area contributed by atoms with Crippen molar-refractivity contribution in [2.75, 3.05) is 10.0 Å². The van der Waals surface area contributed by atoms with Gasteiger partial charge in [0.1, 0.15) is 10.7 Å². The number of hydrogen-bond donors (Lipinski definition) is 2. The molecule has 8 heteroatoms. The van der Waals surface area contributed by atoms with E-state index in [-0.39, 0.29) is 26.8 Å². The third-order valence-electron chi connectivity index (χ3n) is 4.80. The fraction of sp³-hybridized carbons (Fsp3) is 0.0435. The number of allylic oxidation sites excluding steroid dienone is 2. The Morgan fingerprint density at radius 2 is 1.29 bits per heavy atom. The number of nitrogens with one attached hydrogen (secondary N) is 2. The Hall–Kier alpha value is -3.42. The van der Waals surface area contributed by atoms with Crippen LogP contribution in [0.5, 0.6) is 0 Å². The first-order chi connectivity index (χ1) is 14.8. The maximum Gasteiger partial charge on any atom is 0.261 e. The van der Waals surface area contributed by atoms with Gasteiger partial charge in [0.15, 0.2) is 0 Å². The highest BCUT2D eigenvalue weighted by molar-refractivity contribution is 7.92. The van der Waals surface area contributed by atoms with Crippen molar-refractivity contribution < 1.29 is 18.0 Å². The van der Waals surface area contributed by atoms with Gasteiger partial charge < -0.3 is 5.32 Å². The number of aryl methyl sites for hydroxylation is 1. The molecule has 0 bridgehead atoms. The van der Waals surface area contributed by atoms with Gasteiger partial charge in [-0.15, -0.1) is 0 Å². The number of fused-ring (bicyclic) bond motifs is 1. The Labute approximate surface area is 184 Å². The quantitative estimate of drug-likeness (QED) is 0.583. The normalized spacial score (nSPS) is 13.7. The van der Waals surface area contributed by atoms with E-state index in [1.807, 2.05) is 19.1 Å². The van der Waals surface area contributed by atoms with E-state index in [0.717, 1.165) is 5.56 Å². The summed E-state index contributed by atoms with van der Waals surface area (Å²) in [6.45, 7) is 1.91. The molecule has 4 rings (SSSR count). The molecule has 0 aromatic heterocycles. The third-order valence-corrected chi connectivity index (χ3v) is 6.56. The smallest absolute Gasteiger partial charge is 0.261 e. The zero-order chi connectivity index (χ0) is 22.2. The van der Waals surface area contributed by atoms with Crippen molar-refractivity contribution in [2.24, 2.45) is 0 Å². The van der Waals surface area contributed by atoms with Crippen LogP contribution in [0.15, 0.2) is 88.4 Å². The van der Waals surface area contributed by atoms with Crippen LogP contribution in [0.25, 0.3) is 0 Å². The molecule has 6 nitrogen and oxygen atoms in total. The molecule has 1 aliphatic carbocycles. The molecule has 0 spiro atoms. The summed E-state index contributed by atoms with van der Waals surface area (Å²) in [7, 11) is -3.78. The maximum atomic E-state index is 12.8. The van der Waals surface area contributed by atoms with E-state index in [2.05, 4.69) is 10.0 Å². The van der Waals surface area contributed by atoms with Gasteiger partial charge in [0, 0.05) is 22.5 Å². The number of carbonyl (C=O) groups excluding carboxylic acids is 2. The summed E-state index contributed by atoms with van der Waals surface area (Å²) < 4.78 is 27.7. The molecule has 0 heterocycles. The van der Waals surface area contributed by atoms with Crippen LogP contribution in [0.4, 0.5) is 11.4 Å². The summed E-state index contributed by atoms with van der Waals surface area (Å²) in [6.07, 6.45) is 0. The Balaban J connectivity index is 1.56. The van der Waals surface area contributed by atoms with Gasteiger partial charge in [0.05, 0.1) is 4.90 Å². The van der Waals surface area contributed by atoms with E-state index in [4.69, 9.17) is 11.6 Å². The van der Waals surface area contributed by atoms with Crippen molar-refractivity contribution >= 4 is 44.6 Å². The highest BCUT2D eigenvalue weighted by Gasteiger charge is 2.31. The standard InChI is InChI=1S/C23H17ClN2O4S/c1-14-6-8-16(9-7-14)26-31(29,30)17-12-10-15(11-13-17)25-21-20(24)22(27)18-4-2-3-5-19(18)23(21)28/h2-13,25-26H,1H3. The molecule has 0 fully saturated rings. The fourth-order valence-corrected chi connectivity index (χ4v) is 4.45. The molecule has 1 aliphatic rings. The summed E-state index contributed by atoms with van der Waals surface area (Å²) in [5, 5.41) is 2.64. The molecule has 0 aliphatic heterocycles. The monoisotopic (exact) mass is 452 g/mol. The summed E-state index contributed by atoms with van der Waals surface area (Å²) in [5.41, 5.74) is 2.37. The largest absolute Gasteiger partial charge is 0.351 e. The van der Waals surface area contributed by atoms with Crippen LogP contribution in [-0.4, -0.2) is 20.0 Å². The van der Waals surface area contributed by atoms with Gasteiger partial charge >= 0.3 is 0 Å². The molecule has 0 radical (unpaired) electrons. The third kappa shape index (κ3) is 4.10. The number of anilines is 2. The Kier molecular flexibility index (Phi) is 5.39. The van der Waals surface area contributed by atoms with Gasteiger partial charge in [-0.2, -0.15) is 0 Å². The molecule has 0 atom stereocenters. The predicted molar refractivity (Wildman–Crippen MR) is 120 cm³/mol. The molecule has 2 N–H and O–H groups in total. The van der Waals surface area contributed by atoms with Gasteiger partial charge in [-0.05, 0) is 43.3 Å². The van der Waals surface area contributed by atoms with Gasteiger partial charge in [0.2, 0.25) is 11.6 Å². The zero-order valence-corrected chi connectivity index (χ0v) is 17.9. The van der Waals surface area contributed by atoms with Crippen molar-refractivity contribution in [1.82, 2.24) is 0 Å². The number of benzene rings is 3. The van der Waals surface area contributed by atoms with E-state index in [1.54, 1.807) is 36.4 Å². The SMILES string of the molecule is Cc1ccc(NS(=O)(=O)c2ccc(NC3=C(Cl)C(=O)c4ccccc4C3=O)cc2)cc1. The molecule has 3 aromatic rings. The maximum absolute atomic E-state index is 12.8. The van der Waals surface area contributed by atoms with Crippen molar-refractivity contribution in [3.63, 3.8) is 0 Å². The number of halogens is 1. The van der Waals surface area contributed by atoms with E-state index in [9.17, 15) is 18.0 Å². The number of ketones is 2. The van der Waals surface area contributed by atoms with Crippen LogP contribution in [0.1, 0.15) is 26.3 Å². The topological polar surface area (TPSA) is 92.3 Å². The second-order valence-corrected chi connectivity index (χ2v) is 9.07. The molecule has 0 saturated carbocycles. The lowest BCUT2D eigenvalue weighted by molar-refractivity contribution is 0.0982. The first kappa shape index (κ1) is 20.8. The number of hydrogen-bond acceptors (Lipinski definition) is 5. The number of Topliss-reactive ketones (excluding diaryl/α,β-unsaturated/α-hetero) is 2. The van der Waals surface area contributed by atoms with Crippen LogP contribution in [-0.2, 0) is 10.0 Å². The van der Waals surface area contributed by atoms with Gasteiger partial charge in [-0.1, -0.05) is 53.6 Å². The van der Waals surface area contributed by atoms with Gasteiger partial charge in [0.25, 0.3) is 10.0 Å². The first-order valence-corrected chi connectivity index (χ1v) is 11.2. The van der Waals surface area contributed by atoms with Crippen LogP contribution in [0, 0.1) is 6.92 Å². The minimum absolute atomic E-state index is 0.0428. The number of carbonyl (C=O) groups is 2. The summed E-state index contributed by atoms with van der Waals surface area (Å²) in [5.74, 6) is -0.848. The number of sulfonamides is 1. The van der Waals surface area contributed by atoms with Crippen molar-refractivity contribution in [2.45, 2.75) is 11.8 Å². The zero-order valence-electron chi connectivity index (χ0n) is 16.3. The lowest BCUT2D eigenvalue weighted by Gasteiger charge is -2.19. The van der Waals surface area contributed by atoms with Crippen LogP contribution < -0.4 is 10.0 Å². The van der Waals surface area contributed by atoms with E-state index < -0.39 is 21.6 Å². The summed E-state index contributed by atoms with van der Waals surface area (Å²) in [4.78, 5) is 25.3. The molecule has 31 heavy (non-hydrogen) atoms. The second-order valence-electron chi connectivity index (χ2n) is 7.01.